The second kappa shape index (κ2) is 9.78. The van der Waals surface area contributed by atoms with E-state index in [1.165, 1.54) is 36.5 Å². The molecule has 0 saturated carbocycles. The van der Waals surface area contributed by atoms with Crippen LogP contribution >= 0.6 is 22.6 Å². The minimum atomic E-state index is 0.363. The SMILES string of the molecule is C[C@H](CCCI)CCCCCO. The lowest BCUT2D eigenvalue weighted by atomic mass is 9.99. The van der Waals surface area contributed by atoms with E-state index in [-0.39, 0.29) is 0 Å². The van der Waals surface area contributed by atoms with Gasteiger partial charge in [0.05, 0.1) is 0 Å². The molecule has 1 N–H and O–H groups in total. The Bertz CT molecular complexity index is 85.9. The minimum Gasteiger partial charge on any atom is -0.396 e. The third kappa shape index (κ3) is 8.78. The van der Waals surface area contributed by atoms with E-state index >= 15 is 0 Å². The van der Waals surface area contributed by atoms with Crippen molar-refractivity contribution in [1.29, 1.82) is 0 Å². The second-order valence-electron chi connectivity index (χ2n) is 3.51. The van der Waals surface area contributed by atoms with Crippen molar-refractivity contribution in [3.63, 3.8) is 0 Å². The van der Waals surface area contributed by atoms with Crippen LogP contribution in [0.15, 0.2) is 0 Å². The molecule has 0 aliphatic rings. The van der Waals surface area contributed by atoms with Crippen LogP contribution < -0.4 is 0 Å². The summed E-state index contributed by atoms with van der Waals surface area (Å²) in [5.41, 5.74) is 0. The average Bonchev–Trinajstić information content (AvgIpc) is 2.09. The van der Waals surface area contributed by atoms with Crippen LogP contribution in [0.3, 0.4) is 0 Å². The number of halogens is 1. The zero-order valence-corrected chi connectivity index (χ0v) is 10.2. The molecule has 0 fully saturated rings. The highest BCUT2D eigenvalue weighted by atomic mass is 127. The molecular formula is C10H21IO. The highest BCUT2D eigenvalue weighted by Crippen LogP contribution is 2.15. The van der Waals surface area contributed by atoms with Gasteiger partial charge in [0.2, 0.25) is 0 Å². The Morgan fingerprint density at radius 2 is 1.75 bits per heavy atom. The first kappa shape index (κ1) is 12.7. The fourth-order valence-corrected chi connectivity index (χ4v) is 1.79. The molecule has 0 heterocycles. The van der Waals surface area contributed by atoms with Gasteiger partial charge in [-0.05, 0) is 29.6 Å². The zero-order valence-electron chi connectivity index (χ0n) is 8.06. The molecule has 0 saturated heterocycles. The summed E-state index contributed by atoms with van der Waals surface area (Å²) in [6.07, 6.45) is 7.56. The minimum absolute atomic E-state index is 0.363. The molecule has 0 spiro atoms. The predicted molar refractivity (Wildman–Crippen MR) is 62.8 cm³/mol. The number of hydrogen-bond donors (Lipinski definition) is 1. The summed E-state index contributed by atoms with van der Waals surface area (Å²) in [5.74, 6) is 0.887. The Balaban J connectivity index is 3.02. The fourth-order valence-electron chi connectivity index (χ4n) is 1.35. The second-order valence-corrected chi connectivity index (χ2v) is 4.59. The molecule has 0 radical (unpaired) electrons. The smallest absolute Gasteiger partial charge is 0.0431 e. The average molecular weight is 284 g/mol. The van der Waals surface area contributed by atoms with E-state index in [2.05, 4.69) is 29.5 Å². The topological polar surface area (TPSA) is 20.2 Å². The molecule has 0 aromatic carbocycles. The molecule has 0 aliphatic heterocycles. The normalized spacial score (nSPS) is 13.2. The Kier molecular flexibility index (Phi) is 10.3. The molecule has 0 aromatic rings. The standard InChI is InChI=1S/C10H21IO/c1-10(7-5-8-11)6-3-2-4-9-12/h10,12H,2-9H2,1H3/t10-/m0/s1. The molecule has 0 unspecified atom stereocenters. The highest BCUT2D eigenvalue weighted by Gasteiger charge is 2.00. The quantitative estimate of drug-likeness (QED) is 0.411. The van der Waals surface area contributed by atoms with E-state index in [0.29, 0.717) is 6.61 Å². The molecule has 1 atom stereocenters. The van der Waals surface area contributed by atoms with Crippen molar-refractivity contribution in [3.05, 3.63) is 0 Å². The molecule has 0 aromatic heterocycles. The van der Waals surface area contributed by atoms with Gasteiger partial charge in [0.15, 0.2) is 0 Å². The summed E-state index contributed by atoms with van der Waals surface area (Å²) in [5, 5.41) is 8.57. The molecule has 0 bridgehead atoms. The van der Waals surface area contributed by atoms with Crippen LogP contribution in [0, 0.1) is 5.92 Å². The first-order chi connectivity index (χ1) is 5.81. The number of aliphatic hydroxyl groups is 1. The van der Waals surface area contributed by atoms with Gasteiger partial charge in [0.1, 0.15) is 0 Å². The largest absolute Gasteiger partial charge is 0.396 e. The van der Waals surface area contributed by atoms with E-state index < -0.39 is 0 Å². The van der Waals surface area contributed by atoms with Crippen LogP contribution in [0.4, 0.5) is 0 Å². The van der Waals surface area contributed by atoms with Crippen molar-refractivity contribution < 1.29 is 5.11 Å². The first-order valence-corrected chi connectivity index (χ1v) is 6.50. The van der Waals surface area contributed by atoms with Crippen molar-refractivity contribution in [1.82, 2.24) is 0 Å². The molecule has 1 nitrogen and oxygen atoms in total. The van der Waals surface area contributed by atoms with Crippen LogP contribution in [-0.2, 0) is 0 Å². The van der Waals surface area contributed by atoms with Gasteiger partial charge in [0, 0.05) is 6.61 Å². The molecule has 12 heavy (non-hydrogen) atoms. The Hall–Kier alpha value is 0.690. The maximum atomic E-state index is 8.57. The number of hydrogen-bond acceptors (Lipinski definition) is 1. The van der Waals surface area contributed by atoms with Gasteiger partial charge in [-0.2, -0.15) is 0 Å². The number of rotatable bonds is 8. The molecule has 74 valence electrons. The van der Waals surface area contributed by atoms with Gasteiger partial charge in [-0.1, -0.05) is 48.8 Å². The summed E-state index contributed by atoms with van der Waals surface area (Å²) >= 11 is 2.44. The summed E-state index contributed by atoms with van der Waals surface area (Å²) < 4.78 is 1.29. The monoisotopic (exact) mass is 284 g/mol. The van der Waals surface area contributed by atoms with Crippen LogP contribution in [0.1, 0.15) is 45.4 Å². The van der Waals surface area contributed by atoms with Crippen LogP contribution in [-0.4, -0.2) is 16.1 Å². The van der Waals surface area contributed by atoms with E-state index in [0.717, 1.165) is 12.3 Å². The highest BCUT2D eigenvalue weighted by molar-refractivity contribution is 14.1. The van der Waals surface area contributed by atoms with E-state index in [4.69, 9.17) is 5.11 Å². The number of unbranched alkanes of at least 4 members (excludes halogenated alkanes) is 2. The maximum absolute atomic E-state index is 8.57. The maximum Gasteiger partial charge on any atom is 0.0431 e. The van der Waals surface area contributed by atoms with Gasteiger partial charge in [-0.25, -0.2) is 0 Å². The van der Waals surface area contributed by atoms with Crippen LogP contribution in [0.5, 0.6) is 0 Å². The Labute approximate surface area is 90.1 Å². The summed E-state index contributed by atoms with van der Waals surface area (Å²) in [7, 11) is 0. The molecular weight excluding hydrogens is 263 g/mol. The van der Waals surface area contributed by atoms with Crippen LogP contribution in [0.2, 0.25) is 0 Å². The predicted octanol–water partition coefficient (Wildman–Crippen LogP) is 3.39. The van der Waals surface area contributed by atoms with Gasteiger partial charge in [0.25, 0.3) is 0 Å². The van der Waals surface area contributed by atoms with Gasteiger partial charge in [-0.3, -0.25) is 0 Å². The number of aliphatic hydroxyl groups excluding tert-OH is 1. The molecule has 0 aliphatic carbocycles. The third-order valence-electron chi connectivity index (χ3n) is 2.19. The lowest BCUT2D eigenvalue weighted by Crippen LogP contribution is -1.95. The molecule has 2 heteroatoms. The zero-order chi connectivity index (χ0) is 9.23. The van der Waals surface area contributed by atoms with Crippen molar-refractivity contribution in [2.45, 2.75) is 45.4 Å². The van der Waals surface area contributed by atoms with Gasteiger partial charge in [-0.15, -0.1) is 0 Å². The summed E-state index contributed by atoms with van der Waals surface area (Å²) in [6, 6.07) is 0. The molecule has 0 amide bonds. The van der Waals surface area contributed by atoms with Crippen molar-refractivity contribution >= 4 is 22.6 Å². The third-order valence-corrected chi connectivity index (χ3v) is 2.95. The van der Waals surface area contributed by atoms with Gasteiger partial charge < -0.3 is 5.11 Å². The fraction of sp³-hybridized carbons (Fsp3) is 1.00. The number of alkyl halides is 1. The lowest BCUT2D eigenvalue weighted by Gasteiger charge is -2.09. The van der Waals surface area contributed by atoms with E-state index in [1.54, 1.807) is 0 Å². The van der Waals surface area contributed by atoms with E-state index in [1.807, 2.05) is 0 Å². The Morgan fingerprint density at radius 1 is 1.08 bits per heavy atom. The Morgan fingerprint density at radius 3 is 2.33 bits per heavy atom. The van der Waals surface area contributed by atoms with Crippen molar-refractivity contribution in [2.24, 2.45) is 5.92 Å². The van der Waals surface area contributed by atoms with Crippen molar-refractivity contribution in [3.8, 4) is 0 Å². The summed E-state index contributed by atoms with van der Waals surface area (Å²) in [6.45, 7) is 2.70. The van der Waals surface area contributed by atoms with Gasteiger partial charge >= 0.3 is 0 Å². The first-order valence-electron chi connectivity index (χ1n) is 4.98. The van der Waals surface area contributed by atoms with E-state index in [9.17, 15) is 0 Å². The lowest BCUT2D eigenvalue weighted by molar-refractivity contribution is 0.280. The molecule has 0 rings (SSSR count). The van der Waals surface area contributed by atoms with Crippen LogP contribution in [0.25, 0.3) is 0 Å². The summed E-state index contributed by atoms with van der Waals surface area (Å²) in [4.78, 5) is 0. The van der Waals surface area contributed by atoms with Crippen molar-refractivity contribution in [2.75, 3.05) is 11.0 Å².